The molecule has 1 saturated carbocycles. The number of nitrogens with zero attached hydrogens (tertiary/aromatic N) is 1. The highest BCUT2D eigenvalue weighted by Gasteiger charge is 2.42. The Hall–Kier alpha value is -2.11. The van der Waals surface area contributed by atoms with Gasteiger partial charge in [-0.2, -0.15) is 0 Å². The van der Waals surface area contributed by atoms with Gasteiger partial charge in [0.2, 0.25) is 0 Å². The summed E-state index contributed by atoms with van der Waals surface area (Å²) in [7, 11) is 1.35. The van der Waals surface area contributed by atoms with Crippen LogP contribution < -0.4 is 4.74 Å². The molecule has 0 saturated heterocycles. The monoisotopic (exact) mass is 279 g/mol. The second kappa shape index (κ2) is 5.48. The Morgan fingerprint density at radius 3 is 2.60 bits per heavy atom. The fourth-order valence-corrected chi connectivity index (χ4v) is 2.32. The Bertz CT molecular complexity index is 536. The van der Waals surface area contributed by atoms with E-state index in [4.69, 9.17) is 9.47 Å². The van der Waals surface area contributed by atoms with E-state index in [9.17, 15) is 14.9 Å². The number of esters is 1. The fraction of sp³-hybridized carbons (Fsp3) is 0.500. The summed E-state index contributed by atoms with van der Waals surface area (Å²) in [5, 5.41) is 10.7. The first-order chi connectivity index (χ1) is 9.46. The first-order valence-corrected chi connectivity index (χ1v) is 6.47. The van der Waals surface area contributed by atoms with E-state index in [-0.39, 0.29) is 18.1 Å². The molecule has 0 aliphatic heterocycles. The summed E-state index contributed by atoms with van der Waals surface area (Å²) in [5.74, 6) is 0.281. The summed E-state index contributed by atoms with van der Waals surface area (Å²) < 4.78 is 10.6. The highest BCUT2D eigenvalue weighted by Crippen LogP contribution is 2.40. The van der Waals surface area contributed by atoms with Crippen LogP contribution in [0.2, 0.25) is 0 Å². The van der Waals surface area contributed by atoms with Crippen molar-refractivity contribution in [1.82, 2.24) is 0 Å². The van der Waals surface area contributed by atoms with Crippen LogP contribution in [0.3, 0.4) is 0 Å². The number of aryl methyl sites for hydroxylation is 1. The zero-order valence-corrected chi connectivity index (χ0v) is 11.5. The molecule has 6 nitrogen and oxygen atoms in total. The molecule has 0 unspecified atom stereocenters. The lowest BCUT2D eigenvalue weighted by Crippen LogP contribution is -2.45. The van der Waals surface area contributed by atoms with Crippen LogP contribution in [0, 0.1) is 17.0 Å². The van der Waals surface area contributed by atoms with Crippen LogP contribution in [0.15, 0.2) is 18.2 Å². The molecule has 0 spiro atoms. The highest BCUT2D eigenvalue weighted by molar-refractivity contribution is 5.70. The van der Waals surface area contributed by atoms with E-state index in [2.05, 4.69) is 0 Å². The maximum atomic E-state index is 11.4. The number of nitro groups is 1. The minimum atomic E-state index is -0.520. The van der Waals surface area contributed by atoms with E-state index in [0.717, 1.165) is 19.3 Å². The molecule has 20 heavy (non-hydrogen) atoms. The maximum absolute atomic E-state index is 11.4. The Morgan fingerprint density at radius 2 is 2.15 bits per heavy atom. The predicted molar refractivity (Wildman–Crippen MR) is 71.7 cm³/mol. The highest BCUT2D eigenvalue weighted by atomic mass is 16.6. The van der Waals surface area contributed by atoms with Gasteiger partial charge in [0.05, 0.1) is 18.5 Å². The van der Waals surface area contributed by atoms with Crippen molar-refractivity contribution in [3.8, 4) is 5.75 Å². The number of benzene rings is 1. The van der Waals surface area contributed by atoms with Gasteiger partial charge in [-0.05, 0) is 37.8 Å². The van der Waals surface area contributed by atoms with Crippen molar-refractivity contribution in [3.63, 3.8) is 0 Å². The van der Waals surface area contributed by atoms with Crippen molar-refractivity contribution in [2.45, 2.75) is 38.2 Å². The number of carbonyl (C=O) groups excluding carboxylic acids is 1. The number of ether oxygens (including phenoxy) is 2. The summed E-state index contributed by atoms with van der Waals surface area (Å²) >= 11 is 0. The predicted octanol–water partition coefficient (Wildman–Crippen LogP) is 2.77. The molecule has 0 aromatic heterocycles. The SMILES string of the molecule is COC(=O)CC1(Oc2ccc([N+](=O)[O-])cc2C)CCC1. The summed E-state index contributed by atoms with van der Waals surface area (Å²) in [6.07, 6.45) is 2.79. The van der Waals surface area contributed by atoms with Crippen LogP contribution in [0.1, 0.15) is 31.2 Å². The van der Waals surface area contributed by atoms with Crippen molar-refractivity contribution < 1.29 is 19.2 Å². The number of non-ortho nitro benzene ring substituents is 1. The van der Waals surface area contributed by atoms with Crippen molar-refractivity contribution >= 4 is 11.7 Å². The lowest BCUT2D eigenvalue weighted by molar-refractivity contribution is -0.384. The molecule has 1 aromatic carbocycles. The number of carbonyl (C=O) groups is 1. The van der Waals surface area contributed by atoms with E-state index in [1.54, 1.807) is 13.0 Å². The number of rotatable bonds is 5. The zero-order valence-electron chi connectivity index (χ0n) is 11.5. The van der Waals surface area contributed by atoms with Gasteiger partial charge in [0.25, 0.3) is 5.69 Å². The van der Waals surface area contributed by atoms with Gasteiger partial charge in [0, 0.05) is 12.1 Å². The molecule has 1 aliphatic rings. The van der Waals surface area contributed by atoms with Crippen LogP contribution in [-0.4, -0.2) is 23.6 Å². The molecule has 0 amide bonds. The first-order valence-electron chi connectivity index (χ1n) is 6.47. The summed E-state index contributed by atoms with van der Waals surface area (Å²) in [5.41, 5.74) is 0.203. The van der Waals surface area contributed by atoms with Crippen molar-refractivity contribution in [1.29, 1.82) is 0 Å². The normalized spacial score (nSPS) is 16.1. The molecule has 1 aliphatic carbocycles. The molecular formula is C14H17NO5. The van der Waals surface area contributed by atoms with Gasteiger partial charge in [-0.25, -0.2) is 0 Å². The van der Waals surface area contributed by atoms with Gasteiger partial charge in [0.15, 0.2) is 0 Å². The topological polar surface area (TPSA) is 78.7 Å². The van der Waals surface area contributed by atoms with E-state index in [0.29, 0.717) is 11.3 Å². The molecular weight excluding hydrogens is 262 g/mol. The molecule has 0 N–H and O–H groups in total. The van der Waals surface area contributed by atoms with Gasteiger partial charge in [-0.1, -0.05) is 0 Å². The molecule has 1 fully saturated rings. The van der Waals surface area contributed by atoms with E-state index in [1.165, 1.54) is 19.2 Å². The lowest BCUT2D eigenvalue weighted by Gasteiger charge is -2.41. The standard InChI is InChI=1S/C14H17NO5/c1-10-8-11(15(17)18)4-5-12(10)20-14(6-3-7-14)9-13(16)19-2/h4-5,8H,3,6-7,9H2,1-2H3. The first kappa shape index (κ1) is 14.3. The van der Waals surface area contributed by atoms with Crippen LogP contribution in [-0.2, 0) is 9.53 Å². The fourth-order valence-electron chi connectivity index (χ4n) is 2.32. The van der Waals surface area contributed by atoms with Gasteiger partial charge >= 0.3 is 5.97 Å². The molecule has 2 rings (SSSR count). The largest absolute Gasteiger partial charge is 0.486 e. The van der Waals surface area contributed by atoms with Crippen LogP contribution in [0.4, 0.5) is 5.69 Å². The van der Waals surface area contributed by atoms with E-state index in [1.807, 2.05) is 0 Å². The number of hydrogen-bond acceptors (Lipinski definition) is 5. The Balaban J connectivity index is 2.16. The average Bonchev–Trinajstić information content (AvgIpc) is 2.37. The van der Waals surface area contributed by atoms with Crippen LogP contribution in [0.25, 0.3) is 0 Å². The zero-order chi connectivity index (χ0) is 14.8. The molecule has 0 atom stereocenters. The second-order valence-electron chi connectivity index (χ2n) is 5.10. The third-order valence-corrected chi connectivity index (χ3v) is 3.65. The van der Waals surface area contributed by atoms with Crippen molar-refractivity contribution in [3.05, 3.63) is 33.9 Å². The molecule has 1 aromatic rings. The van der Waals surface area contributed by atoms with E-state index >= 15 is 0 Å². The summed E-state index contributed by atoms with van der Waals surface area (Å²) in [6, 6.07) is 4.47. The van der Waals surface area contributed by atoms with Crippen molar-refractivity contribution in [2.75, 3.05) is 7.11 Å². The minimum absolute atomic E-state index is 0.0328. The summed E-state index contributed by atoms with van der Waals surface area (Å²) in [4.78, 5) is 21.7. The van der Waals surface area contributed by atoms with Gasteiger partial charge < -0.3 is 9.47 Å². The third-order valence-electron chi connectivity index (χ3n) is 3.65. The third kappa shape index (κ3) is 2.89. The smallest absolute Gasteiger partial charge is 0.309 e. The Labute approximate surface area is 116 Å². The molecule has 108 valence electrons. The van der Waals surface area contributed by atoms with Crippen LogP contribution >= 0.6 is 0 Å². The lowest BCUT2D eigenvalue weighted by atomic mass is 9.77. The number of methoxy groups -OCH3 is 1. The van der Waals surface area contributed by atoms with E-state index < -0.39 is 10.5 Å². The number of nitro benzene ring substituents is 1. The molecule has 0 radical (unpaired) electrons. The maximum Gasteiger partial charge on any atom is 0.309 e. The number of hydrogen-bond donors (Lipinski definition) is 0. The van der Waals surface area contributed by atoms with Gasteiger partial charge in [-0.15, -0.1) is 0 Å². The van der Waals surface area contributed by atoms with Gasteiger partial charge in [-0.3, -0.25) is 14.9 Å². The minimum Gasteiger partial charge on any atom is -0.486 e. The molecule has 0 bridgehead atoms. The summed E-state index contributed by atoms with van der Waals surface area (Å²) in [6.45, 7) is 1.76. The molecule has 0 heterocycles. The average molecular weight is 279 g/mol. The van der Waals surface area contributed by atoms with Gasteiger partial charge in [0.1, 0.15) is 11.4 Å². The van der Waals surface area contributed by atoms with Crippen molar-refractivity contribution in [2.24, 2.45) is 0 Å². The Morgan fingerprint density at radius 1 is 1.45 bits per heavy atom. The quantitative estimate of drug-likeness (QED) is 0.470. The second-order valence-corrected chi connectivity index (χ2v) is 5.10. The van der Waals surface area contributed by atoms with Crippen LogP contribution in [0.5, 0.6) is 5.75 Å². The Kier molecular flexibility index (Phi) is 3.92. The molecule has 6 heteroatoms.